The fourth-order valence-corrected chi connectivity index (χ4v) is 1.37. The molecule has 1 N–H and O–H groups in total. The lowest BCUT2D eigenvalue weighted by Gasteiger charge is -2.05. The molecule has 0 saturated carbocycles. The number of hydrogen-bond acceptors (Lipinski definition) is 3. The SMILES string of the molecule is N#Cc1ccc(NCc2cccnc2)cc1. The molecule has 2 aromatic rings. The minimum Gasteiger partial charge on any atom is -0.381 e. The average Bonchev–Trinajstić information content (AvgIpc) is 2.38. The molecule has 0 radical (unpaired) electrons. The quantitative estimate of drug-likeness (QED) is 0.845. The number of anilines is 1. The van der Waals surface area contributed by atoms with Crippen molar-refractivity contribution in [2.75, 3.05) is 5.32 Å². The van der Waals surface area contributed by atoms with Gasteiger partial charge in [0.1, 0.15) is 0 Å². The van der Waals surface area contributed by atoms with E-state index in [0.717, 1.165) is 17.8 Å². The molecule has 0 aliphatic rings. The van der Waals surface area contributed by atoms with Crippen LogP contribution in [0.3, 0.4) is 0 Å². The van der Waals surface area contributed by atoms with Gasteiger partial charge in [0.15, 0.2) is 0 Å². The molecule has 0 fully saturated rings. The topological polar surface area (TPSA) is 48.7 Å². The summed E-state index contributed by atoms with van der Waals surface area (Å²) in [7, 11) is 0. The van der Waals surface area contributed by atoms with E-state index < -0.39 is 0 Å². The van der Waals surface area contributed by atoms with Crippen LogP contribution in [-0.2, 0) is 6.54 Å². The normalized spacial score (nSPS) is 9.44. The van der Waals surface area contributed by atoms with Gasteiger partial charge in [0.25, 0.3) is 0 Å². The molecule has 0 amide bonds. The summed E-state index contributed by atoms with van der Waals surface area (Å²) in [6, 6.07) is 13.4. The van der Waals surface area contributed by atoms with E-state index in [9.17, 15) is 0 Å². The largest absolute Gasteiger partial charge is 0.381 e. The second-order valence-electron chi connectivity index (χ2n) is 3.40. The predicted octanol–water partition coefficient (Wildman–Crippen LogP) is 2.57. The second-order valence-corrected chi connectivity index (χ2v) is 3.40. The third-order valence-corrected chi connectivity index (χ3v) is 2.23. The van der Waals surface area contributed by atoms with Crippen molar-refractivity contribution in [1.82, 2.24) is 4.98 Å². The van der Waals surface area contributed by atoms with Gasteiger partial charge < -0.3 is 5.32 Å². The van der Waals surface area contributed by atoms with Crippen LogP contribution in [0.15, 0.2) is 48.8 Å². The molecule has 1 heterocycles. The maximum Gasteiger partial charge on any atom is 0.0991 e. The third-order valence-electron chi connectivity index (χ3n) is 2.23. The minimum atomic E-state index is 0.673. The highest BCUT2D eigenvalue weighted by Gasteiger charge is 1.94. The Hall–Kier alpha value is -2.34. The zero-order chi connectivity index (χ0) is 11.2. The summed E-state index contributed by atoms with van der Waals surface area (Å²) in [6.45, 7) is 0.736. The second kappa shape index (κ2) is 4.94. The zero-order valence-electron chi connectivity index (χ0n) is 8.72. The maximum absolute atomic E-state index is 8.66. The van der Waals surface area contributed by atoms with Gasteiger partial charge in [-0.3, -0.25) is 4.98 Å². The van der Waals surface area contributed by atoms with Crippen LogP contribution < -0.4 is 5.32 Å². The van der Waals surface area contributed by atoms with Gasteiger partial charge in [0.2, 0.25) is 0 Å². The Bertz CT molecular complexity index is 483. The molecule has 1 aromatic carbocycles. The molecule has 0 spiro atoms. The number of nitrogens with one attached hydrogen (secondary N) is 1. The number of nitriles is 1. The summed E-state index contributed by atoms with van der Waals surface area (Å²) in [4.78, 5) is 4.04. The van der Waals surface area contributed by atoms with Gasteiger partial charge in [0, 0.05) is 24.6 Å². The van der Waals surface area contributed by atoms with Crippen molar-refractivity contribution in [1.29, 1.82) is 5.26 Å². The number of rotatable bonds is 3. The van der Waals surface area contributed by atoms with Gasteiger partial charge in [-0.05, 0) is 35.9 Å². The van der Waals surface area contributed by atoms with Crippen LogP contribution in [0.1, 0.15) is 11.1 Å². The Labute approximate surface area is 94.4 Å². The number of pyridine rings is 1. The molecule has 78 valence electrons. The summed E-state index contributed by atoms with van der Waals surface area (Å²) in [5.74, 6) is 0. The van der Waals surface area contributed by atoms with Crippen molar-refractivity contribution in [3.63, 3.8) is 0 Å². The van der Waals surface area contributed by atoms with Gasteiger partial charge in [-0.25, -0.2) is 0 Å². The van der Waals surface area contributed by atoms with E-state index in [-0.39, 0.29) is 0 Å². The standard InChI is InChI=1S/C13H11N3/c14-8-11-3-5-13(6-4-11)16-10-12-2-1-7-15-9-12/h1-7,9,16H,10H2. The molecule has 3 heteroatoms. The molecule has 0 bridgehead atoms. The first-order valence-electron chi connectivity index (χ1n) is 5.01. The monoisotopic (exact) mass is 209 g/mol. The number of hydrogen-bond donors (Lipinski definition) is 1. The Balaban J connectivity index is 1.98. The van der Waals surface area contributed by atoms with E-state index in [1.54, 1.807) is 18.3 Å². The first-order chi connectivity index (χ1) is 7.88. The molecular formula is C13H11N3. The Morgan fingerprint density at radius 3 is 2.62 bits per heavy atom. The van der Waals surface area contributed by atoms with Crippen LogP contribution in [0, 0.1) is 11.3 Å². The van der Waals surface area contributed by atoms with Crippen molar-refractivity contribution in [2.24, 2.45) is 0 Å². The van der Waals surface area contributed by atoms with E-state index in [1.807, 2.05) is 30.5 Å². The van der Waals surface area contributed by atoms with E-state index in [1.165, 1.54) is 0 Å². The van der Waals surface area contributed by atoms with Crippen LogP contribution in [0.5, 0.6) is 0 Å². The van der Waals surface area contributed by atoms with Gasteiger partial charge >= 0.3 is 0 Å². The predicted molar refractivity (Wildman–Crippen MR) is 62.7 cm³/mol. The van der Waals surface area contributed by atoms with Crippen molar-refractivity contribution < 1.29 is 0 Å². The van der Waals surface area contributed by atoms with Gasteiger partial charge in [-0.1, -0.05) is 6.07 Å². The van der Waals surface area contributed by atoms with E-state index in [4.69, 9.17) is 5.26 Å². The van der Waals surface area contributed by atoms with Crippen LogP contribution in [-0.4, -0.2) is 4.98 Å². The molecule has 0 aliphatic carbocycles. The third kappa shape index (κ3) is 2.58. The molecule has 16 heavy (non-hydrogen) atoms. The lowest BCUT2D eigenvalue weighted by atomic mass is 10.2. The summed E-state index contributed by atoms with van der Waals surface area (Å²) in [6.07, 6.45) is 3.59. The lowest BCUT2D eigenvalue weighted by molar-refractivity contribution is 1.11. The molecule has 2 rings (SSSR count). The maximum atomic E-state index is 8.66. The highest BCUT2D eigenvalue weighted by molar-refractivity contribution is 5.47. The first-order valence-corrected chi connectivity index (χ1v) is 5.01. The summed E-state index contributed by atoms with van der Waals surface area (Å²) < 4.78 is 0. The molecule has 3 nitrogen and oxygen atoms in total. The van der Waals surface area contributed by atoms with Gasteiger partial charge in [-0.15, -0.1) is 0 Å². The summed E-state index contributed by atoms with van der Waals surface area (Å²) in [5, 5.41) is 11.9. The zero-order valence-corrected chi connectivity index (χ0v) is 8.72. The highest BCUT2D eigenvalue weighted by Crippen LogP contribution is 2.10. The van der Waals surface area contributed by atoms with Crippen LogP contribution in [0.2, 0.25) is 0 Å². The fraction of sp³-hybridized carbons (Fsp3) is 0.0769. The van der Waals surface area contributed by atoms with Crippen molar-refractivity contribution >= 4 is 5.69 Å². The van der Waals surface area contributed by atoms with Crippen LogP contribution in [0.25, 0.3) is 0 Å². The van der Waals surface area contributed by atoms with E-state index in [2.05, 4.69) is 16.4 Å². The molecule has 0 unspecified atom stereocenters. The smallest absolute Gasteiger partial charge is 0.0991 e. The number of aromatic nitrogens is 1. The Morgan fingerprint density at radius 2 is 2.00 bits per heavy atom. The number of nitrogens with zero attached hydrogens (tertiary/aromatic N) is 2. The molecule has 0 saturated heterocycles. The fourth-order valence-electron chi connectivity index (χ4n) is 1.37. The average molecular weight is 209 g/mol. The van der Waals surface area contributed by atoms with Crippen LogP contribution in [0.4, 0.5) is 5.69 Å². The summed E-state index contributed by atoms with van der Waals surface area (Å²) >= 11 is 0. The molecule has 0 atom stereocenters. The van der Waals surface area contributed by atoms with Crippen LogP contribution >= 0.6 is 0 Å². The van der Waals surface area contributed by atoms with Crippen molar-refractivity contribution in [3.05, 3.63) is 59.9 Å². The van der Waals surface area contributed by atoms with Gasteiger partial charge in [0.05, 0.1) is 11.6 Å². The molecule has 0 aliphatic heterocycles. The van der Waals surface area contributed by atoms with Crippen molar-refractivity contribution in [3.8, 4) is 6.07 Å². The van der Waals surface area contributed by atoms with E-state index in [0.29, 0.717) is 5.56 Å². The number of benzene rings is 1. The Kier molecular flexibility index (Phi) is 3.15. The van der Waals surface area contributed by atoms with Crippen molar-refractivity contribution in [2.45, 2.75) is 6.54 Å². The molecular weight excluding hydrogens is 198 g/mol. The summed E-state index contributed by atoms with van der Waals surface area (Å²) in [5.41, 5.74) is 2.81. The minimum absolute atomic E-state index is 0.673. The van der Waals surface area contributed by atoms with Gasteiger partial charge in [-0.2, -0.15) is 5.26 Å². The Morgan fingerprint density at radius 1 is 1.19 bits per heavy atom. The lowest BCUT2D eigenvalue weighted by Crippen LogP contribution is -1.99. The molecule has 1 aromatic heterocycles. The van der Waals surface area contributed by atoms with E-state index >= 15 is 0 Å². The first kappa shape index (κ1) is 10.2. The highest BCUT2D eigenvalue weighted by atomic mass is 14.9.